The molecule has 0 aromatic heterocycles. The Balaban J connectivity index is 2.87. The molecule has 13 heavy (non-hydrogen) atoms. The first-order valence-electron chi connectivity index (χ1n) is 4.14. The van der Waals surface area contributed by atoms with E-state index in [1.165, 1.54) is 5.56 Å². The van der Waals surface area contributed by atoms with Gasteiger partial charge in [-0.25, -0.2) is 5.90 Å². The van der Waals surface area contributed by atoms with E-state index in [9.17, 15) is 0 Å². The van der Waals surface area contributed by atoms with Gasteiger partial charge >= 0.3 is 0 Å². The fourth-order valence-corrected chi connectivity index (χ4v) is 1.32. The van der Waals surface area contributed by atoms with Crippen molar-refractivity contribution >= 4 is 11.6 Å². The van der Waals surface area contributed by atoms with Gasteiger partial charge in [0.15, 0.2) is 0 Å². The van der Waals surface area contributed by atoms with Crippen LogP contribution >= 0.6 is 11.6 Å². The molecule has 0 aliphatic heterocycles. The molecule has 0 aliphatic rings. The van der Waals surface area contributed by atoms with E-state index >= 15 is 0 Å². The number of rotatable bonds is 3. The fraction of sp³-hybridized carbons (Fsp3) is 0.400. The van der Waals surface area contributed by atoms with Gasteiger partial charge in [-0.05, 0) is 17.7 Å². The first-order valence-corrected chi connectivity index (χ1v) is 4.52. The van der Waals surface area contributed by atoms with Gasteiger partial charge in [-0.1, -0.05) is 37.6 Å². The second-order valence-corrected chi connectivity index (χ2v) is 4.14. The zero-order chi connectivity index (χ0) is 9.90. The van der Waals surface area contributed by atoms with Crippen molar-refractivity contribution in [1.82, 2.24) is 0 Å². The number of hydrogen-bond acceptors (Lipinski definition) is 2. The number of nitrogens with two attached hydrogens (primary N) is 1. The molecule has 0 fully saturated rings. The Morgan fingerprint density at radius 1 is 1.31 bits per heavy atom. The molecule has 1 aromatic rings. The van der Waals surface area contributed by atoms with Crippen LogP contribution in [-0.2, 0) is 10.3 Å². The quantitative estimate of drug-likeness (QED) is 0.760. The van der Waals surface area contributed by atoms with Crippen LogP contribution in [-0.4, -0.2) is 6.61 Å². The summed E-state index contributed by atoms with van der Waals surface area (Å²) in [6.07, 6.45) is 0. The normalized spacial score (nSPS) is 11.7. The zero-order valence-corrected chi connectivity index (χ0v) is 8.64. The highest BCUT2D eigenvalue weighted by molar-refractivity contribution is 6.30. The summed E-state index contributed by atoms with van der Waals surface area (Å²) < 4.78 is 0. The summed E-state index contributed by atoms with van der Waals surface area (Å²) >= 11 is 5.78. The molecule has 0 bridgehead atoms. The third-order valence-electron chi connectivity index (χ3n) is 2.07. The standard InChI is InChI=1S/C10H14ClNO/c1-10(2,7-13-12)8-3-5-9(11)6-4-8/h3-6H,7,12H2,1-2H3. The van der Waals surface area contributed by atoms with Gasteiger partial charge in [0.25, 0.3) is 0 Å². The zero-order valence-electron chi connectivity index (χ0n) is 7.88. The van der Waals surface area contributed by atoms with Crippen molar-refractivity contribution in [3.8, 4) is 0 Å². The molecular formula is C10H14ClNO. The van der Waals surface area contributed by atoms with Crippen LogP contribution in [0.5, 0.6) is 0 Å². The summed E-state index contributed by atoms with van der Waals surface area (Å²) in [5.41, 5.74) is 1.10. The lowest BCUT2D eigenvalue weighted by molar-refractivity contribution is 0.0964. The Morgan fingerprint density at radius 2 is 1.85 bits per heavy atom. The van der Waals surface area contributed by atoms with Crippen molar-refractivity contribution in [2.24, 2.45) is 5.90 Å². The van der Waals surface area contributed by atoms with E-state index in [0.29, 0.717) is 6.61 Å². The Morgan fingerprint density at radius 3 is 2.31 bits per heavy atom. The van der Waals surface area contributed by atoms with Crippen molar-refractivity contribution in [1.29, 1.82) is 0 Å². The average molecular weight is 200 g/mol. The summed E-state index contributed by atoms with van der Waals surface area (Å²) in [5.74, 6) is 5.06. The number of halogens is 1. The minimum Gasteiger partial charge on any atom is -0.304 e. The van der Waals surface area contributed by atoms with Crippen molar-refractivity contribution in [2.75, 3.05) is 6.61 Å². The highest BCUT2D eigenvalue weighted by Gasteiger charge is 2.20. The van der Waals surface area contributed by atoms with Crippen LogP contribution in [0.4, 0.5) is 0 Å². The molecule has 2 N–H and O–H groups in total. The monoisotopic (exact) mass is 199 g/mol. The van der Waals surface area contributed by atoms with Gasteiger partial charge in [0.2, 0.25) is 0 Å². The van der Waals surface area contributed by atoms with Crippen LogP contribution in [0.3, 0.4) is 0 Å². The van der Waals surface area contributed by atoms with Crippen LogP contribution in [0, 0.1) is 0 Å². The van der Waals surface area contributed by atoms with Gasteiger partial charge in [-0.15, -0.1) is 0 Å². The smallest absolute Gasteiger partial charge is 0.0770 e. The van der Waals surface area contributed by atoms with Crippen LogP contribution in [0.25, 0.3) is 0 Å². The molecule has 72 valence electrons. The molecule has 3 heteroatoms. The van der Waals surface area contributed by atoms with E-state index in [-0.39, 0.29) is 5.41 Å². The molecule has 2 nitrogen and oxygen atoms in total. The van der Waals surface area contributed by atoms with Crippen molar-refractivity contribution in [2.45, 2.75) is 19.3 Å². The van der Waals surface area contributed by atoms with E-state index in [1.54, 1.807) is 0 Å². The Bertz CT molecular complexity index is 269. The summed E-state index contributed by atoms with van der Waals surface area (Å²) in [6, 6.07) is 7.72. The Kier molecular flexibility index (Phi) is 3.31. The average Bonchev–Trinajstić information content (AvgIpc) is 2.05. The Hall–Kier alpha value is -0.570. The molecule has 0 amide bonds. The third-order valence-corrected chi connectivity index (χ3v) is 2.32. The molecule has 0 saturated heterocycles. The van der Waals surface area contributed by atoms with E-state index < -0.39 is 0 Å². The molecule has 1 aromatic carbocycles. The van der Waals surface area contributed by atoms with Crippen LogP contribution in [0.15, 0.2) is 24.3 Å². The minimum absolute atomic E-state index is 0.0701. The number of benzene rings is 1. The Labute approximate surface area is 83.6 Å². The maximum absolute atomic E-state index is 5.78. The van der Waals surface area contributed by atoms with Crippen LogP contribution in [0.2, 0.25) is 5.02 Å². The summed E-state index contributed by atoms with van der Waals surface area (Å²) in [6.45, 7) is 4.64. The minimum atomic E-state index is -0.0701. The largest absolute Gasteiger partial charge is 0.304 e. The molecule has 0 aliphatic carbocycles. The van der Waals surface area contributed by atoms with E-state index in [4.69, 9.17) is 17.5 Å². The van der Waals surface area contributed by atoms with E-state index in [1.807, 2.05) is 24.3 Å². The summed E-state index contributed by atoms with van der Waals surface area (Å²) in [5, 5.41) is 0.744. The van der Waals surface area contributed by atoms with Gasteiger partial charge in [-0.2, -0.15) is 0 Å². The predicted octanol–water partition coefficient (Wildman–Crippen LogP) is 2.51. The van der Waals surface area contributed by atoms with Crippen molar-refractivity contribution < 1.29 is 4.84 Å². The van der Waals surface area contributed by atoms with Crippen LogP contribution in [0.1, 0.15) is 19.4 Å². The molecular weight excluding hydrogens is 186 g/mol. The lowest BCUT2D eigenvalue weighted by atomic mass is 9.86. The van der Waals surface area contributed by atoms with Crippen LogP contribution < -0.4 is 5.90 Å². The highest BCUT2D eigenvalue weighted by atomic mass is 35.5. The number of hydrogen-bond donors (Lipinski definition) is 1. The second kappa shape index (κ2) is 4.09. The fourth-order valence-electron chi connectivity index (χ4n) is 1.19. The van der Waals surface area contributed by atoms with Crippen molar-refractivity contribution in [3.63, 3.8) is 0 Å². The third kappa shape index (κ3) is 2.69. The summed E-state index contributed by atoms with van der Waals surface area (Å²) in [7, 11) is 0. The lowest BCUT2D eigenvalue weighted by Crippen LogP contribution is -2.26. The maximum Gasteiger partial charge on any atom is 0.0770 e. The molecule has 0 saturated carbocycles. The lowest BCUT2D eigenvalue weighted by Gasteiger charge is -2.23. The van der Waals surface area contributed by atoms with Gasteiger partial charge in [0, 0.05) is 10.4 Å². The SMILES string of the molecule is CC(C)(CON)c1ccc(Cl)cc1. The molecule has 1 rings (SSSR count). The van der Waals surface area contributed by atoms with Gasteiger partial charge in [0.05, 0.1) is 6.61 Å². The molecule has 0 atom stereocenters. The van der Waals surface area contributed by atoms with Gasteiger partial charge < -0.3 is 4.84 Å². The van der Waals surface area contributed by atoms with Crippen molar-refractivity contribution in [3.05, 3.63) is 34.9 Å². The predicted molar refractivity (Wildman–Crippen MR) is 54.6 cm³/mol. The van der Waals surface area contributed by atoms with E-state index in [2.05, 4.69) is 18.7 Å². The first kappa shape index (κ1) is 10.5. The topological polar surface area (TPSA) is 35.2 Å². The molecule has 0 spiro atoms. The van der Waals surface area contributed by atoms with Gasteiger partial charge in [0.1, 0.15) is 0 Å². The molecule has 0 unspecified atom stereocenters. The molecule has 0 radical (unpaired) electrons. The van der Waals surface area contributed by atoms with E-state index in [0.717, 1.165) is 5.02 Å². The molecule has 0 heterocycles. The van der Waals surface area contributed by atoms with Gasteiger partial charge in [-0.3, -0.25) is 0 Å². The summed E-state index contributed by atoms with van der Waals surface area (Å²) in [4.78, 5) is 4.66. The highest BCUT2D eigenvalue weighted by Crippen LogP contribution is 2.24. The first-order chi connectivity index (χ1) is 6.06. The maximum atomic E-state index is 5.78. The second-order valence-electron chi connectivity index (χ2n) is 3.70.